The van der Waals surface area contributed by atoms with Gasteiger partial charge >= 0.3 is 0 Å². The Balaban J connectivity index is 1.97. The van der Waals surface area contributed by atoms with Crippen LogP contribution >= 0.6 is 0 Å². The lowest BCUT2D eigenvalue weighted by Crippen LogP contribution is -2.15. The summed E-state index contributed by atoms with van der Waals surface area (Å²) in [4.78, 5) is 0. The van der Waals surface area contributed by atoms with E-state index in [4.69, 9.17) is 10.00 Å². The van der Waals surface area contributed by atoms with Crippen LogP contribution in [0.25, 0.3) is 0 Å². The molecule has 0 aromatic heterocycles. The van der Waals surface area contributed by atoms with Crippen molar-refractivity contribution in [3.05, 3.63) is 29.3 Å². The van der Waals surface area contributed by atoms with Gasteiger partial charge in [0.1, 0.15) is 0 Å². The van der Waals surface area contributed by atoms with Crippen molar-refractivity contribution >= 4 is 0 Å². The third-order valence-corrected chi connectivity index (χ3v) is 3.12. The summed E-state index contributed by atoms with van der Waals surface area (Å²) in [5.74, 6) is -1.35. The van der Waals surface area contributed by atoms with Crippen molar-refractivity contribution in [1.29, 1.82) is 5.26 Å². The number of benzene rings is 1. The van der Waals surface area contributed by atoms with Crippen LogP contribution < -0.4 is 4.74 Å². The predicted octanol–water partition coefficient (Wildman–Crippen LogP) is 3.41. The van der Waals surface area contributed by atoms with Crippen LogP contribution in [0.4, 0.5) is 8.78 Å². The first kappa shape index (κ1) is 11.8. The molecular formula is C13H13F2NO. The molecule has 0 amide bonds. The van der Waals surface area contributed by atoms with Gasteiger partial charge in [0.05, 0.1) is 18.2 Å². The second kappa shape index (κ2) is 5.13. The van der Waals surface area contributed by atoms with Crippen molar-refractivity contribution in [2.45, 2.75) is 25.7 Å². The lowest BCUT2D eigenvalue weighted by atomic mass is 9.83. The lowest BCUT2D eigenvalue weighted by Gasteiger charge is -2.25. The molecule has 1 fully saturated rings. The van der Waals surface area contributed by atoms with E-state index in [9.17, 15) is 8.78 Å². The summed E-state index contributed by atoms with van der Waals surface area (Å²) in [6.45, 7) is 0.324. The Morgan fingerprint density at radius 1 is 1.29 bits per heavy atom. The molecule has 1 aromatic rings. The minimum Gasteiger partial charge on any atom is -0.488 e. The molecule has 0 radical (unpaired) electrons. The summed E-state index contributed by atoms with van der Waals surface area (Å²) in [7, 11) is 0. The van der Waals surface area contributed by atoms with Crippen molar-refractivity contribution < 1.29 is 13.5 Å². The molecule has 17 heavy (non-hydrogen) atoms. The topological polar surface area (TPSA) is 33.0 Å². The molecule has 0 unspecified atom stereocenters. The summed E-state index contributed by atoms with van der Waals surface area (Å²) < 4.78 is 31.9. The highest BCUT2D eigenvalue weighted by atomic mass is 19.1. The van der Waals surface area contributed by atoms with Crippen molar-refractivity contribution in [3.63, 3.8) is 0 Å². The minimum atomic E-state index is -0.810. The van der Waals surface area contributed by atoms with Gasteiger partial charge in [-0.2, -0.15) is 5.26 Å². The van der Waals surface area contributed by atoms with Crippen LogP contribution in [0, 0.1) is 28.9 Å². The highest BCUT2D eigenvalue weighted by molar-refractivity contribution is 5.37. The summed E-state index contributed by atoms with van der Waals surface area (Å²) in [5.41, 5.74) is -0.0358. The van der Waals surface area contributed by atoms with E-state index in [1.54, 1.807) is 6.07 Å². The lowest BCUT2D eigenvalue weighted by molar-refractivity contribution is 0.211. The average molecular weight is 237 g/mol. The van der Waals surface area contributed by atoms with Crippen LogP contribution in [0.3, 0.4) is 0 Å². The van der Waals surface area contributed by atoms with Gasteiger partial charge in [-0.1, -0.05) is 19.3 Å². The maximum Gasteiger partial charge on any atom is 0.190 e. The molecule has 0 N–H and O–H groups in total. The Morgan fingerprint density at radius 2 is 1.94 bits per heavy atom. The summed E-state index contributed by atoms with van der Waals surface area (Å²) in [6, 6.07) is 3.67. The maximum absolute atomic E-state index is 13.4. The number of halogens is 2. The fourth-order valence-electron chi connectivity index (χ4n) is 1.87. The summed E-state index contributed by atoms with van der Waals surface area (Å²) in [5, 5.41) is 8.54. The molecule has 2 rings (SSSR count). The third-order valence-electron chi connectivity index (χ3n) is 3.12. The fraction of sp³-hybridized carbons (Fsp3) is 0.462. The number of rotatable bonds is 4. The molecule has 0 atom stereocenters. The normalized spacial score (nSPS) is 15.1. The number of ether oxygens (including phenoxy) is 1. The van der Waals surface area contributed by atoms with Crippen LogP contribution in [0.15, 0.2) is 12.1 Å². The number of nitrogens with zero attached hydrogens (tertiary/aromatic N) is 1. The largest absolute Gasteiger partial charge is 0.488 e. The summed E-state index contributed by atoms with van der Waals surface area (Å²) >= 11 is 0. The maximum atomic E-state index is 13.4. The van der Waals surface area contributed by atoms with E-state index in [0.717, 1.165) is 18.6 Å². The molecule has 90 valence electrons. The van der Waals surface area contributed by atoms with Crippen LogP contribution in [-0.2, 0) is 0 Å². The van der Waals surface area contributed by atoms with Gasteiger partial charge < -0.3 is 4.74 Å². The van der Waals surface area contributed by atoms with Gasteiger partial charge in [-0.3, -0.25) is 0 Å². The molecule has 1 aliphatic rings. The Morgan fingerprint density at radius 3 is 2.41 bits per heavy atom. The van der Waals surface area contributed by atoms with Crippen molar-refractivity contribution in [2.24, 2.45) is 5.92 Å². The Hall–Kier alpha value is -1.63. The minimum absolute atomic E-state index is 0.0358. The van der Waals surface area contributed by atoms with Crippen molar-refractivity contribution in [3.8, 4) is 11.8 Å². The average Bonchev–Trinajstić information content (AvgIpc) is 2.24. The van der Waals surface area contributed by atoms with Crippen molar-refractivity contribution in [2.75, 3.05) is 6.61 Å². The van der Waals surface area contributed by atoms with Gasteiger partial charge in [0, 0.05) is 0 Å². The van der Waals surface area contributed by atoms with E-state index in [0.29, 0.717) is 12.5 Å². The van der Waals surface area contributed by atoms with Crippen molar-refractivity contribution in [1.82, 2.24) is 0 Å². The first-order chi connectivity index (χ1) is 8.20. The van der Waals surface area contributed by atoms with Gasteiger partial charge in [-0.25, -0.2) is 8.78 Å². The van der Waals surface area contributed by atoms with Gasteiger partial charge in [0.25, 0.3) is 0 Å². The molecule has 4 heteroatoms. The SMILES string of the molecule is N#Cc1cc(F)c(OCCC2CCC2)c(F)c1. The highest BCUT2D eigenvalue weighted by Gasteiger charge is 2.18. The summed E-state index contributed by atoms with van der Waals surface area (Å²) in [6.07, 6.45) is 4.44. The first-order valence-corrected chi connectivity index (χ1v) is 5.72. The smallest absolute Gasteiger partial charge is 0.190 e. The Labute approximate surface area is 98.8 Å². The molecule has 0 heterocycles. The number of hydrogen-bond donors (Lipinski definition) is 0. The monoisotopic (exact) mass is 237 g/mol. The molecule has 2 nitrogen and oxygen atoms in total. The molecule has 1 aromatic carbocycles. The standard InChI is InChI=1S/C13H13F2NO/c14-11-6-10(8-16)7-12(15)13(11)17-5-4-9-2-1-3-9/h6-7,9H,1-5H2. The molecule has 1 aliphatic carbocycles. The molecule has 0 saturated heterocycles. The highest BCUT2D eigenvalue weighted by Crippen LogP contribution is 2.30. The van der Waals surface area contributed by atoms with E-state index in [2.05, 4.69) is 0 Å². The zero-order valence-electron chi connectivity index (χ0n) is 9.38. The first-order valence-electron chi connectivity index (χ1n) is 5.72. The molecule has 0 aliphatic heterocycles. The van der Waals surface area contributed by atoms with E-state index >= 15 is 0 Å². The van der Waals surface area contributed by atoms with Crippen LogP contribution in [-0.4, -0.2) is 6.61 Å². The van der Waals surface area contributed by atoms with Gasteiger partial charge in [-0.05, 0) is 24.5 Å². The number of hydrogen-bond acceptors (Lipinski definition) is 2. The molecule has 0 bridgehead atoms. The zero-order valence-corrected chi connectivity index (χ0v) is 9.38. The van der Waals surface area contributed by atoms with E-state index in [1.807, 2.05) is 0 Å². The Kier molecular flexibility index (Phi) is 3.58. The van der Waals surface area contributed by atoms with E-state index in [1.165, 1.54) is 19.3 Å². The zero-order chi connectivity index (χ0) is 12.3. The van der Waals surface area contributed by atoms with Gasteiger partial charge in [-0.15, -0.1) is 0 Å². The number of nitriles is 1. The molecular weight excluding hydrogens is 224 g/mol. The van der Waals surface area contributed by atoms with Gasteiger partial charge in [0.2, 0.25) is 0 Å². The predicted molar refractivity (Wildman–Crippen MR) is 58.5 cm³/mol. The van der Waals surface area contributed by atoms with Crippen LogP contribution in [0.2, 0.25) is 0 Å². The second-order valence-corrected chi connectivity index (χ2v) is 4.31. The van der Waals surface area contributed by atoms with Crippen LogP contribution in [0.5, 0.6) is 5.75 Å². The fourth-order valence-corrected chi connectivity index (χ4v) is 1.87. The van der Waals surface area contributed by atoms with E-state index in [-0.39, 0.29) is 11.3 Å². The Bertz CT molecular complexity index is 426. The second-order valence-electron chi connectivity index (χ2n) is 4.31. The molecule has 0 spiro atoms. The van der Waals surface area contributed by atoms with Gasteiger partial charge in [0.15, 0.2) is 17.4 Å². The quantitative estimate of drug-likeness (QED) is 0.804. The molecule has 1 saturated carbocycles. The third kappa shape index (κ3) is 2.73. The van der Waals surface area contributed by atoms with Crippen LogP contribution in [0.1, 0.15) is 31.2 Å². The van der Waals surface area contributed by atoms with E-state index < -0.39 is 11.6 Å².